The van der Waals surface area contributed by atoms with Gasteiger partial charge in [-0.2, -0.15) is 31.6 Å². The van der Waals surface area contributed by atoms with E-state index in [2.05, 4.69) is 15.6 Å². The second-order valence-corrected chi connectivity index (χ2v) is 15.7. The van der Waals surface area contributed by atoms with Crippen molar-refractivity contribution in [3.8, 4) is 6.07 Å². The lowest BCUT2D eigenvalue weighted by molar-refractivity contribution is -0.197. The van der Waals surface area contributed by atoms with Gasteiger partial charge in [0.2, 0.25) is 17.7 Å². The molecule has 4 heterocycles. The molecule has 2 aromatic rings. The summed E-state index contributed by atoms with van der Waals surface area (Å²) in [5.74, 6) is -2.60. The molecule has 1 aliphatic carbocycles. The Morgan fingerprint density at radius 3 is 2.37 bits per heavy atom. The predicted molar refractivity (Wildman–Crippen MR) is 207 cm³/mol. The number of nitrogens with one attached hydrogen (secondary N) is 2. The molecule has 0 radical (unpaired) electrons. The van der Waals surface area contributed by atoms with Crippen LogP contribution >= 0.6 is 24.6 Å². The van der Waals surface area contributed by atoms with Gasteiger partial charge in [0.15, 0.2) is 5.11 Å². The number of carbonyl (C=O) groups is 4. The van der Waals surface area contributed by atoms with Crippen molar-refractivity contribution in [2.24, 2.45) is 0 Å². The second kappa shape index (κ2) is 18.1. The molecule has 1 aromatic carbocycles. The fourth-order valence-corrected chi connectivity index (χ4v) is 8.66. The number of nitrogens with zero attached hydrogens (tertiary/aromatic N) is 6. The van der Waals surface area contributed by atoms with Crippen molar-refractivity contribution >= 4 is 64.7 Å². The molecule has 59 heavy (non-hydrogen) atoms. The van der Waals surface area contributed by atoms with Crippen molar-refractivity contribution in [1.82, 2.24) is 25.0 Å². The van der Waals surface area contributed by atoms with Crippen LogP contribution in [0.25, 0.3) is 0 Å². The number of carbonyl (C=O) groups excluding carboxylic acids is 4. The minimum absolute atomic E-state index is 0. The molecule has 3 saturated heterocycles. The first kappa shape index (κ1) is 45.7. The summed E-state index contributed by atoms with van der Waals surface area (Å²) in [5, 5.41) is 14.1. The van der Waals surface area contributed by atoms with E-state index in [9.17, 15) is 50.8 Å². The van der Waals surface area contributed by atoms with Gasteiger partial charge in [0, 0.05) is 38.6 Å². The molecule has 21 heteroatoms. The van der Waals surface area contributed by atoms with Gasteiger partial charge in [0.1, 0.15) is 11.6 Å². The molecule has 4 amide bonds. The highest BCUT2D eigenvalue weighted by atomic mass is 35.5. The third-order valence-corrected chi connectivity index (χ3v) is 11.5. The van der Waals surface area contributed by atoms with Crippen molar-refractivity contribution in [2.75, 3.05) is 49.5 Å². The summed E-state index contributed by atoms with van der Waals surface area (Å²) in [5.41, 5.74) is -2.32. The van der Waals surface area contributed by atoms with Crippen LogP contribution in [0.3, 0.4) is 0 Å². The van der Waals surface area contributed by atoms with E-state index in [1.54, 1.807) is 23.6 Å². The number of aromatic nitrogens is 1. The molecule has 6 rings (SSSR count). The standard InChI is InChI=1S/C38H42F6N8O5S.ClH/c1-36(2)34(56)51(25-5-3-22(18-45)28(17-25)37(39,40)41)35(58)52(36)24-6-8-26(9-7-24)57-16-15-49-13-14-50(30(20-49)38(42,43)44)21-32(54)47-23-4-11-29(46-19-23)27-10-12-31(53)48-33(27)55;/h3-5,11,17,19,24,26-27,30H,6-10,12-16,20-21H2,1-2H3,(H,47,54)(H,48,53,55);1H/t24?,26?,27?,30-;/m1./s1. The Balaban J connectivity index is 0.00000661. The summed E-state index contributed by atoms with van der Waals surface area (Å²) < 4.78 is 89.9. The first-order chi connectivity index (χ1) is 27.3. The molecule has 0 bridgehead atoms. The number of benzene rings is 1. The van der Waals surface area contributed by atoms with Gasteiger partial charge >= 0.3 is 12.4 Å². The molecule has 2 atom stereocenters. The van der Waals surface area contributed by atoms with Crippen LogP contribution in [0, 0.1) is 11.3 Å². The largest absolute Gasteiger partial charge is 0.417 e. The Morgan fingerprint density at radius 1 is 1.05 bits per heavy atom. The van der Waals surface area contributed by atoms with E-state index in [4.69, 9.17) is 17.0 Å². The van der Waals surface area contributed by atoms with Gasteiger partial charge in [-0.1, -0.05) is 0 Å². The fourth-order valence-electron chi connectivity index (χ4n) is 8.10. The molecule has 3 aliphatic heterocycles. The van der Waals surface area contributed by atoms with E-state index in [0.29, 0.717) is 37.8 Å². The van der Waals surface area contributed by atoms with Crippen LogP contribution in [0.1, 0.15) is 75.1 Å². The minimum atomic E-state index is -4.82. The van der Waals surface area contributed by atoms with Gasteiger partial charge < -0.3 is 15.0 Å². The Morgan fingerprint density at radius 2 is 1.76 bits per heavy atom. The average molecular weight is 873 g/mol. The highest BCUT2D eigenvalue weighted by Gasteiger charge is 2.53. The number of thiocarbonyl (C=S) groups is 1. The van der Waals surface area contributed by atoms with Crippen molar-refractivity contribution in [1.29, 1.82) is 5.26 Å². The first-order valence-electron chi connectivity index (χ1n) is 18.8. The normalized spacial score (nSPS) is 24.4. The number of rotatable bonds is 10. The number of piperidine rings is 1. The van der Waals surface area contributed by atoms with Crippen molar-refractivity contribution in [3.05, 3.63) is 53.3 Å². The lowest BCUT2D eigenvalue weighted by Gasteiger charge is -2.42. The van der Waals surface area contributed by atoms with E-state index in [1.165, 1.54) is 30.5 Å². The van der Waals surface area contributed by atoms with Crippen LogP contribution < -0.4 is 15.5 Å². The Kier molecular flexibility index (Phi) is 14.0. The van der Waals surface area contributed by atoms with Crippen LogP contribution in [-0.2, 0) is 30.1 Å². The lowest BCUT2D eigenvalue weighted by atomic mass is 9.89. The summed E-state index contributed by atoms with van der Waals surface area (Å²) in [6, 6.07) is 5.49. The summed E-state index contributed by atoms with van der Waals surface area (Å²) in [6.07, 6.45) is -5.62. The van der Waals surface area contributed by atoms with Gasteiger partial charge in [0.25, 0.3) is 5.91 Å². The number of alkyl halides is 6. The molecule has 1 aromatic heterocycles. The molecule has 2 N–H and O–H groups in total. The quantitative estimate of drug-likeness (QED) is 0.186. The molecule has 4 fully saturated rings. The number of amides is 4. The summed E-state index contributed by atoms with van der Waals surface area (Å²) >= 11 is 5.67. The zero-order valence-electron chi connectivity index (χ0n) is 32.1. The number of piperazine rings is 1. The Bertz CT molecular complexity index is 1970. The third-order valence-electron chi connectivity index (χ3n) is 11.1. The summed E-state index contributed by atoms with van der Waals surface area (Å²) in [6.45, 7) is 3.10. The Labute approximate surface area is 347 Å². The molecule has 0 spiro atoms. The zero-order valence-corrected chi connectivity index (χ0v) is 33.7. The highest BCUT2D eigenvalue weighted by molar-refractivity contribution is 7.80. The van der Waals surface area contributed by atoms with Gasteiger partial charge in [-0.25, -0.2) is 0 Å². The van der Waals surface area contributed by atoms with Crippen LogP contribution in [-0.4, -0.2) is 118 Å². The van der Waals surface area contributed by atoms with Crippen molar-refractivity contribution < 1.29 is 50.3 Å². The summed E-state index contributed by atoms with van der Waals surface area (Å²) in [4.78, 5) is 59.7. The number of ether oxygens (including phenoxy) is 1. The van der Waals surface area contributed by atoms with E-state index in [0.717, 1.165) is 21.9 Å². The molecule has 1 saturated carbocycles. The molecule has 1 unspecified atom stereocenters. The van der Waals surface area contributed by atoms with E-state index < -0.39 is 65.2 Å². The van der Waals surface area contributed by atoms with Crippen molar-refractivity contribution in [2.45, 2.75) is 94.4 Å². The number of hydrogen-bond donors (Lipinski definition) is 2. The first-order valence-corrected chi connectivity index (χ1v) is 19.2. The molecule has 13 nitrogen and oxygen atoms in total. The maximum absolute atomic E-state index is 14.2. The number of anilines is 2. The smallest absolute Gasteiger partial charge is 0.377 e. The fraction of sp³-hybridized carbons (Fsp3) is 0.553. The topological polar surface area (TPSA) is 151 Å². The van der Waals surface area contributed by atoms with E-state index in [-0.39, 0.29) is 86.2 Å². The van der Waals surface area contributed by atoms with Gasteiger partial charge in [-0.05, 0) is 88.5 Å². The van der Waals surface area contributed by atoms with Crippen LogP contribution in [0.2, 0.25) is 0 Å². The Hall–Kier alpha value is -4.42. The number of pyridine rings is 1. The van der Waals surface area contributed by atoms with E-state index >= 15 is 0 Å². The van der Waals surface area contributed by atoms with Gasteiger partial charge in [0.05, 0.1) is 65.6 Å². The summed E-state index contributed by atoms with van der Waals surface area (Å²) in [7, 11) is 0. The maximum Gasteiger partial charge on any atom is 0.417 e. The average Bonchev–Trinajstić information content (AvgIpc) is 3.33. The lowest BCUT2D eigenvalue weighted by Crippen LogP contribution is -2.60. The molecule has 4 aliphatic rings. The van der Waals surface area contributed by atoms with Crippen LogP contribution in [0.5, 0.6) is 0 Å². The molecule has 320 valence electrons. The third kappa shape index (κ3) is 10.1. The highest BCUT2D eigenvalue weighted by Crippen LogP contribution is 2.41. The molecular formula is C38H43ClF6N8O5S. The van der Waals surface area contributed by atoms with E-state index in [1.807, 2.05) is 0 Å². The monoisotopic (exact) mass is 872 g/mol. The predicted octanol–water partition coefficient (Wildman–Crippen LogP) is 5.14. The zero-order chi connectivity index (χ0) is 42.2. The van der Waals surface area contributed by atoms with Gasteiger partial charge in [-0.15, -0.1) is 12.4 Å². The number of imide groups is 1. The second-order valence-electron chi connectivity index (χ2n) is 15.3. The number of nitriles is 1. The SMILES string of the molecule is CC1(C)C(=O)N(c2ccc(C#N)c(C(F)(F)F)c2)C(=S)N1C1CCC(OCCN2CCN(CC(=O)Nc3ccc(C4CCC(=O)NC4=O)nc3)[C@@H](C(F)(F)F)C2)CC1.Cl. The number of hydrogen-bond acceptors (Lipinski definition) is 10. The van der Waals surface area contributed by atoms with Crippen LogP contribution in [0.15, 0.2) is 36.5 Å². The van der Waals surface area contributed by atoms with Crippen LogP contribution in [0.4, 0.5) is 37.7 Å². The maximum atomic E-state index is 14.2. The number of halogens is 7. The van der Waals surface area contributed by atoms with Crippen molar-refractivity contribution in [3.63, 3.8) is 0 Å². The molecular weight excluding hydrogens is 830 g/mol. The minimum Gasteiger partial charge on any atom is -0.377 e. The van der Waals surface area contributed by atoms with Gasteiger partial charge in [-0.3, -0.25) is 44.2 Å².